The quantitative estimate of drug-likeness (QED) is 0.674. The van der Waals surface area contributed by atoms with Crippen LogP contribution in [0.15, 0.2) is 29.2 Å². The van der Waals surface area contributed by atoms with E-state index in [1.807, 2.05) is 0 Å². The molecule has 2 N–H and O–H groups in total. The third-order valence-electron chi connectivity index (χ3n) is 2.24. The lowest BCUT2D eigenvalue weighted by Crippen LogP contribution is -2.45. The number of rotatable bonds is 3. The van der Waals surface area contributed by atoms with Crippen LogP contribution in [0.5, 0.6) is 0 Å². The first-order valence-electron chi connectivity index (χ1n) is 4.54. The van der Waals surface area contributed by atoms with Crippen LogP contribution in [0.3, 0.4) is 0 Å². The van der Waals surface area contributed by atoms with Crippen LogP contribution in [0.2, 0.25) is 0 Å². The molecule has 0 aliphatic carbocycles. The molecule has 104 valence electrons. The second-order valence-electron chi connectivity index (χ2n) is 3.37. The summed E-state index contributed by atoms with van der Waals surface area (Å²) in [5.41, 5.74) is 4.73. The number of nitrogens with two attached hydrogens (primary N) is 1. The van der Waals surface area contributed by atoms with Crippen LogP contribution in [-0.4, -0.2) is 18.4 Å². The molecule has 1 rings (SSSR count). The highest BCUT2D eigenvalue weighted by atomic mass is 35.5. The van der Waals surface area contributed by atoms with E-state index in [2.05, 4.69) is 0 Å². The second kappa shape index (κ2) is 6.08. The van der Waals surface area contributed by atoms with E-state index in [1.54, 1.807) is 6.26 Å². The summed E-state index contributed by atoms with van der Waals surface area (Å²) in [6.45, 7) is 0. The van der Waals surface area contributed by atoms with E-state index >= 15 is 0 Å². The maximum atomic E-state index is 12.9. The largest absolute Gasteiger partial charge is 0.455 e. The van der Waals surface area contributed by atoms with Crippen LogP contribution in [-0.2, 0) is 0 Å². The molecule has 0 aliphatic heterocycles. The Morgan fingerprint density at radius 3 is 1.83 bits per heavy atom. The van der Waals surface area contributed by atoms with Crippen molar-refractivity contribution in [2.45, 2.75) is 23.0 Å². The molecule has 0 fully saturated rings. The molecule has 0 radical (unpaired) electrons. The summed E-state index contributed by atoms with van der Waals surface area (Å²) in [5.74, 6) is -4.94. The average Bonchev–Trinajstić information content (AvgIpc) is 2.26. The van der Waals surface area contributed by atoms with Crippen molar-refractivity contribution in [1.82, 2.24) is 0 Å². The Bertz CT molecular complexity index is 379. The Balaban J connectivity index is 0.00000289. The number of benzene rings is 1. The van der Waals surface area contributed by atoms with Gasteiger partial charge >= 0.3 is 12.1 Å². The monoisotopic (exact) mass is 307 g/mol. The van der Waals surface area contributed by atoms with Crippen molar-refractivity contribution >= 4 is 24.2 Å². The Morgan fingerprint density at radius 2 is 1.50 bits per heavy atom. The number of alkyl halides is 5. The fraction of sp³-hybridized carbons (Fsp3) is 0.400. The third-order valence-corrected chi connectivity index (χ3v) is 2.99. The van der Waals surface area contributed by atoms with Crippen molar-refractivity contribution in [3.8, 4) is 0 Å². The minimum Gasteiger partial charge on any atom is -0.319 e. The molecular formula is C10H11ClF5NS. The zero-order valence-electron chi connectivity index (χ0n) is 9.17. The first kappa shape index (κ1) is 17.5. The van der Waals surface area contributed by atoms with Crippen molar-refractivity contribution in [1.29, 1.82) is 0 Å². The standard InChI is InChI=1S/C10H10F5NS.ClH/c1-17-7-4-2-6(3-5-7)8(16)9(11,12)10(13,14)15;/h2-5,8H,16H2,1H3;1H/t8-;/m1./s1. The van der Waals surface area contributed by atoms with Gasteiger partial charge in [-0.25, -0.2) is 0 Å². The summed E-state index contributed by atoms with van der Waals surface area (Å²) in [6, 6.07) is 2.86. The number of hydrogen-bond acceptors (Lipinski definition) is 2. The normalized spacial score (nSPS) is 13.9. The molecule has 0 aliphatic rings. The number of thioether (sulfide) groups is 1. The Labute approximate surface area is 111 Å². The lowest BCUT2D eigenvalue weighted by atomic mass is 10.0. The summed E-state index contributed by atoms with van der Waals surface area (Å²) >= 11 is 1.35. The van der Waals surface area contributed by atoms with Gasteiger partial charge in [0.2, 0.25) is 0 Å². The van der Waals surface area contributed by atoms with Crippen molar-refractivity contribution in [3.05, 3.63) is 29.8 Å². The molecule has 8 heteroatoms. The molecule has 1 aromatic rings. The molecule has 0 spiro atoms. The molecule has 0 saturated heterocycles. The van der Waals surface area contributed by atoms with Gasteiger partial charge in [-0.05, 0) is 24.0 Å². The summed E-state index contributed by atoms with van der Waals surface area (Å²) < 4.78 is 62.1. The Hall–Kier alpha value is -0.530. The first-order valence-corrected chi connectivity index (χ1v) is 5.76. The molecule has 0 heterocycles. The van der Waals surface area contributed by atoms with Crippen molar-refractivity contribution in [2.75, 3.05) is 6.26 Å². The van der Waals surface area contributed by atoms with E-state index < -0.39 is 18.1 Å². The van der Waals surface area contributed by atoms with E-state index in [0.29, 0.717) is 0 Å². The van der Waals surface area contributed by atoms with E-state index in [0.717, 1.165) is 4.90 Å². The van der Waals surface area contributed by atoms with Crippen molar-refractivity contribution in [3.63, 3.8) is 0 Å². The molecule has 0 aromatic heterocycles. The van der Waals surface area contributed by atoms with Crippen molar-refractivity contribution < 1.29 is 22.0 Å². The number of hydrogen-bond donors (Lipinski definition) is 1. The molecule has 0 bridgehead atoms. The lowest BCUT2D eigenvalue weighted by Gasteiger charge is -2.25. The number of halogens is 6. The molecule has 18 heavy (non-hydrogen) atoms. The van der Waals surface area contributed by atoms with Gasteiger partial charge in [0, 0.05) is 4.90 Å². The van der Waals surface area contributed by atoms with E-state index in [1.165, 1.54) is 36.0 Å². The van der Waals surface area contributed by atoms with Gasteiger partial charge in [0.15, 0.2) is 0 Å². The predicted octanol–water partition coefficient (Wildman–Crippen LogP) is 4.03. The molecule has 1 nitrogen and oxygen atoms in total. The van der Waals surface area contributed by atoms with E-state index in [-0.39, 0.29) is 18.0 Å². The zero-order valence-corrected chi connectivity index (χ0v) is 10.8. The highest BCUT2D eigenvalue weighted by Gasteiger charge is 2.61. The van der Waals surface area contributed by atoms with Crippen LogP contribution in [0.4, 0.5) is 22.0 Å². The average molecular weight is 308 g/mol. The Morgan fingerprint density at radius 1 is 1.06 bits per heavy atom. The third kappa shape index (κ3) is 3.49. The van der Waals surface area contributed by atoms with Gasteiger partial charge < -0.3 is 5.73 Å². The minimum absolute atomic E-state index is 0. The van der Waals surface area contributed by atoms with Gasteiger partial charge in [-0.15, -0.1) is 24.2 Å². The summed E-state index contributed by atoms with van der Waals surface area (Å²) in [5, 5.41) is 0. The molecule has 1 aromatic carbocycles. The van der Waals surface area contributed by atoms with Crippen LogP contribution >= 0.6 is 24.2 Å². The molecular weight excluding hydrogens is 297 g/mol. The second-order valence-corrected chi connectivity index (χ2v) is 4.25. The van der Waals surface area contributed by atoms with Crippen LogP contribution in [0, 0.1) is 0 Å². The fourth-order valence-electron chi connectivity index (χ4n) is 1.20. The Kier molecular flexibility index (Phi) is 5.90. The first-order chi connectivity index (χ1) is 7.70. The van der Waals surface area contributed by atoms with Gasteiger partial charge in [0.25, 0.3) is 0 Å². The van der Waals surface area contributed by atoms with Crippen LogP contribution < -0.4 is 5.73 Å². The lowest BCUT2D eigenvalue weighted by molar-refractivity contribution is -0.291. The molecule has 0 saturated carbocycles. The van der Waals surface area contributed by atoms with Crippen molar-refractivity contribution in [2.24, 2.45) is 5.73 Å². The van der Waals surface area contributed by atoms with Gasteiger partial charge in [-0.1, -0.05) is 12.1 Å². The van der Waals surface area contributed by atoms with E-state index in [9.17, 15) is 22.0 Å². The fourth-order valence-corrected chi connectivity index (χ4v) is 1.61. The van der Waals surface area contributed by atoms with Crippen LogP contribution in [0.25, 0.3) is 0 Å². The highest BCUT2D eigenvalue weighted by molar-refractivity contribution is 7.98. The van der Waals surface area contributed by atoms with Gasteiger partial charge in [0.1, 0.15) is 6.04 Å². The minimum atomic E-state index is -5.65. The summed E-state index contributed by atoms with van der Waals surface area (Å²) in [6.07, 6.45) is -3.89. The zero-order chi connectivity index (χ0) is 13.3. The molecule has 0 unspecified atom stereocenters. The topological polar surface area (TPSA) is 26.0 Å². The summed E-state index contributed by atoms with van der Waals surface area (Å²) in [4.78, 5) is 0.760. The van der Waals surface area contributed by atoms with Gasteiger partial charge in [0.05, 0.1) is 0 Å². The highest BCUT2D eigenvalue weighted by Crippen LogP contribution is 2.43. The smallest absolute Gasteiger partial charge is 0.319 e. The maximum Gasteiger partial charge on any atom is 0.455 e. The van der Waals surface area contributed by atoms with Gasteiger partial charge in [-0.3, -0.25) is 0 Å². The van der Waals surface area contributed by atoms with Gasteiger partial charge in [-0.2, -0.15) is 22.0 Å². The summed E-state index contributed by atoms with van der Waals surface area (Å²) in [7, 11) is 0. The predicted molar refractivity (Wildman–Crippen MR) is 63.4 cm³/mol. The molecule has 1 atom stereocenters. The van der Waals surface area contributed by atoms with Crippen LogP contribution in [0.1, 0.15) is 11.6 Å². The maximum absolute atomic E-state index is 12.9. The molecule has 0 amide bonds. The SMILES string of the molecule is CSc1ccc([C@@H](N)C(F)(F)C(F)(F)F)cc1.Cl. The van der Waals surface area contributed by atoms with E-state index in [4.69, 9.17) is 5.73 Å².